The molecule has 6 nitrogen and oxygen atoms in total. The Morgan fingerprint density at radius 2 is 2.38 bits per heavy atom. The fourth-order valence-electron chi connectivity index (χ4n) is 1.08. The molecule has 0 aliphatic carbocycles. The third kappa shape index (κ3) is 4.74. The van der Waals surface area contributed by atoms with E-state index in [9.17, 15) is 9.59 Å². The molecule has 0 saturated heterocycles. The summed E-state index contributed by atoms with van der Waals surface area (Å²) >= 11 is 1.45. The van der Waals surface area contributed by atoms with Gasteiger partial charge in [0.25, 0.3) is 0 Å². The van der Waals surface area contributed by atoms with Gasteiger partial charge in [-0.3, -0.25) is 4.79 Å². The van der Waals surface area contributed by atoms with Crippen LogP contribution in [0.3, 0.4) is 0 Å². The van der Waals surface area contributed by atoms with E-state index >= 15 is 0 Å². The number of hydrogen-bond donors (Lipinski definition) is 3. The van der Waals surface area contributed by atoms with Crippen molar-refractivity contribution in [2.75, 3.05) is 0 Å². The fraction of sp³-hybridized carbons (Fsp3) is 0.444. The first-order chi connectivity index (χ1) is 7.58. The van der Waals surface area contributed by atoms with Gasteiger partial charge in [-0.15, -0.1) is 11.3 Å². The van der Waals surface area contributed by atoms with Crippen LogP contribution >= 0.6 is 11.3 Å². The van der Waals surface area contributed by atoms with Gasteiger partial charge in [-0.25, -0.2) is 9.78 Å². The summed E-state index contributed by atoms with van der Waals surface area (Å²) in [6.07, 6.45) is -0.0931. The molecule has 1 rings (SSSR count). The summed E-state index contributed by atoms with van der Waals surface area (Å²) in [7, 11) is 0. The number of carboxylic acid groups (broad SMARTS) is 1. The van der Waals surface area contributed by atoms with E-state index in [4.69, 9.17) is 5.11 Å². The molecular weight excluding hydrogens is 230 g/mol. The largest absolute Gasteiger partial charge is 0.481 e. The highest BCUT2D eigenvalue weighted by atomic mass is 32.1. The van der Waals surface area contributed by atoms with Crippen molar-refractivity contribution in [1.82, 2.24) is 15.6 Å². The van der Waals surface area contributed by atoms with Gasteiger partial charge in [0.2, 0.25) is 0 Å². The molecule has 2 amide bonds. The predicted molar refractivity (Wildman–Crippen MR) is 59.2 cm³/mol. The summed E-state index contributed by atoms with van der Waals surface area (Å²) < 4.78 is 0. The van der Waals surface area contributed by atoms with Crippen LogP contribution < -0.4 is 10.6 Å². The van der Waals surface area contributed by atoms with Crippen molar-refractivity contribution < 1.29 is 14.7 Å². The number of carboxylic acids is 1. The molecule has 0 bridgehead atoms. The predicted octanol–water partition coefficient (Wildman–Crippen LogP) is 0.805. The van der Waals surface area contributed by atoms with Crippen molar-refractivity contribution in [3.8, 4) is 0 Å². The standard InChI is InChI=1S/C9H13N3O3S/c1-6(2-8(13)14)12-9(15)10-3-7-4-16-5-11-7/h4-6H,2-3H2,1H3,(H,13,14)(H2,10,12,15). The molecule has 1 unspecified atom stereocenters. The number of nitrogens with one attached hydrogen (secondary N) is 2. The van der Waals surface area contributed by atoms with E-state index in [1.807, 2.05) is 5.38 Å². The number of carbonyl (C=O) groups excluding carboxylic acids is 1. The number of thiazole rings is 1. The first kappa shape index (κ1) is 12.4. The number of urea groups is 1. The zero-order valence-corrected chi connectivity index (χ0v) is 9.58. The smallest absolute Gasteiger partial charge is 0.315 e. The zero-order valence-electron chi connectivity index (χ0n) is 8.77. The minimum atomic E-state index is -0.938. The van der Waals surface area contributed by atoms with Crippen LogP contribution in [0.1, 0.15) is 19.0 Å². The number of aliphatic carboxylic acids is 1. The van der Waals surface area contributed by atoms with Crippen LogP contribution in [0.2, 0.25) is 0 Å². The van der Waals surface area contributed by atoms with Gasteiger partial charge in [0, 0.05) is 11.4 Å². The van der Waals surface area contributed by atoms with Crippen molar-refractivity contribution in [3.05, 3.63) is 16.6 Å². The van der Waals surface area contributed by atoms with E-state index < -0.39 is 12.0 Å². The van der Waals surface area contributed by atoms with Crippen LogP contribution in [0, 0.1) is 0 Å². The van der Waals surface area contributed by atoms with E-state index in [1.165, 1.54) is 11.3 Å². The lowest BCUT2D eigenvalue weighted by atomic mass is 10.2. The Labute approximate surface area is 96.7 Å². The second kappa shape index (κ2) is 6.06. The van der Waals surface area contributed by atoms with E-state index in [0.717, 1.165) is 5.69 Å². The third-order valence-electron chi connectivity index (χ3n) is 1.77. The molecule has 0 aromatic carbocycles. The molecule has 1 aromatic heterocycles. The van der Waals surface area contributed by atoms with Crippen molar-refractivity contribution in [1.29, 1.82) is 0 Å². The maximum Gasteiger partial charge on any atom is 0.315 e. The lowest BCUT2D eigenvalue weighted by molar-refractivity contribution is -0.137. The molecule has 0 radical (unpaired) electrons. The topological polar surface area (TPSA) is 91.3 Å². The Morgan fingerprint density at radius 1 is 1.62 bits per heavy atom. The fourth-order valence-corrected chi connectivity index (χ4v) is 1.64. The van der Waals surface area contributed by atoms with E-state index in [1.54, 1.807) is 12.4 Å². The highest BCUT2D eigenvalue weighted by molar-refractivity contribution is 7.07. The van der Waals surface area contributed by atoms with E-state index in [-0.39, 0.29) is 12.5 Å². The van der Waals surface area contributed by atoms with Gasteiger partial charge in [-0.1, -0.05) is 0 Å². The summed E-state index contributed by atoms with van der Waals surface area (Å²) in [5.74, 6) is -0.938. The molecule has 88 valence electrons. The van der Waals surface area contributed by atoms with Crippen LogP contribution in [-0.4, -0.2) is 28.1 Å². The molecule has 1 aromatic rings. The maximum atomic E-state index is 11.3. The molecule has 7 heteroatoms. The highest BCUT2D eigenvalue weighted by Crippen LogP contribution is 1.99. The van der Waals surface area contributed by atoms with Crippen LogP contribution in [0.15, 0.2) is 10.9 Å². The Hall–Kier alpha value is -1.63. The number of hydrogen-bond acceptors (Lipinski definition) is 4. The minimum Gasteiger partial charge on any atom is -0.481 e. The Kier molecular flexibility index (Phi) is 4.71. The molecule has 0 aliphatic rings. The molecular formula is C9H13N3O3S. The molecule has 0 fully saturated rings. The lowest BCUT2D eigenvalue weighted by Gasteiger charge is -2.11. The average molecular weight is 243 g/mol. The number of nitrogens with zero attached hydrogens (tertiary/aromatic N) is 1. The van der Waals surface area contributed by atoms with Crippen molar-refractivity contribution >= 4 is 23.3 Å². The molecule has 3 N–H and O–H groups in total. The number of amides is 2. The summed E-state index contributed by atoms with van der Waals surface area (Å²) in [6, 6.07) is -0.783. The monoisotopic (exact) mass is 243 g/mol. The van der Waals surface area contributed by atoms with E-state index in [0.29, 0.717) is 6.54 Å². The number of carbonyl (C=O) groups is 2. The van der Waals surface area contributed by atoms with Gasteiger partial charge in [-0.05, 0) is 6.92 Å². The van der Waals surface area contributed by atoms with Crippen LogP contribution in [-0.2, 0) is 11.3 Å². The van der Waals surface area contributed by atoms with Gasteiger partial charge in [-0.2, -0.15) is 0 Å². The molecule has 1 atom stereocenters. The Morgan fingerprint density at radius 3 is 2.94 bits per heavy atom. The molecule has 0 saturated carbocycles. The normalized spacial score (nSPS) is 11.8. The van der Waals surface area contributed by atoms with Gasteiger partial charge >= 0.3 is 12.0 Å². The quantitative estimate of drug-likeness (QED) is 0.713. The van der Waals surface area contributed by atoms with Crippen LogP contribution in [0.4, 0.5) is 4.79 Å². The van der Waals surface area contributed by atoms with E-state index in [2.05, 4.69) is 15.6 Å². The van der Waals surface area contributed by atoms with Crippen LogP contribution in [0.25, 0.3) is 0 Å². The lowest BCUT2D eigenvalue weighted by Crippen LogP contribution is -2.41. The SMILES string of the molecule is CC(CC(=O)O)NC(=O)NCc1cscn1. The highest BCUT2D eigenvalue weighted by Gasteiger charge is 2.10. The molecule has 1 heterocycles. The first-order valence-corrected chi connectivity index (χ1v) is 5.65. The average Bonchev–Trinajstić information content (AvgIpc) is 2.65. The van der Waals surface area contributed by atoms with Crippen molar-refractivity contribution in [2.45, 2.75) is 25.9 Å². The zero-order chi connectivity index (χ0) is 12.0. The van der Waals surface area contributed by atoms with Crippen molar-refractivity contribution in [3.63, 3.8) is 0 Å². The van der Waals surface area contributed by atoms with Gasteiger partial charge in [0.15, 0.2) is 0 Å². The summed E-state index contributed by atoms with van der Waals surface area (Å²) in [5.41, 5.74) is 2.47. The molecule has 0 spiro atoms. The molecule has 0 aliphatic heterocycles. The summed E-state index contributed by atoms with van der Waals surface area (Å²) in [6.45, 7) is 1.98. The molecule has 16 heavy (non-hydrogen) atoms. The summed E-state index contributed by atoms with van der Waals surface area (Å²) in [4.78, 5) is 25.6. The van der Waals surface area contributed by atoms with Gasteiger partial charge in [0.1, 0.15) is 0 Å². The third-order valence-corrected chi connectivity index (χ3v) is 2.41. The second-order valence-electron chi connectivity index (χ2n) is 3.31. The Bertz CT molecular complexity index is 353. The minimum absolute atomic E-state index is 0.0931. The van der Waals surface area contributed by atoms with Gasteiger partial charge < -0.3 is 15.7 Å². The second-order valence-corrected chi connectivity index (χ2v) is 4.02. The number of rotatable bonds is 5. The van der Waals surface area contributed by atoms with Gasteiger partial charge in [0.05, 0.1) is 24.2 Å². The number of aromatic nitrogens is 1. The van der Waals surface area contributed by atoms with Crippen molar-refractivity contribution in [2.24, 2.45) is 0 Å². The first-order valence-electron chi connectivity index (χ1n) is 4.71. The van der Waals surface area contributed by atoms with Crippen LogP contribution in [0.5, 0.6) is 0 Å². The Balaban J connectivity index is 2.23. The summed E-state index contributed by atoms with van der Waals surface area (Å²) in [5, 5.41) is 15.4. The maximum absolute atomic E-state index is 11.3.